The van der Waals surface area contributed by atoms with Crippen molar-refractivity contribution in [1.82, 2.24) is 14.8 Å². The van der Waals surface area contributed by atoms with E-state index in [-0.39, 0.29) is 5.69 Å². The Kier molecular flexibility index (Phi) is 6.44. The van der Waals surface area contributed by atoms with Gasteiger partial charge in [0.1, 0.15) is 12.1 Å². The highest BCUT2D eigenvalue weighted by Gasteiger charge is 2.20. The third-order valence-electron chi connectivity index (χ3n) is 5.67. The first-order chi connectivity index (χ1) is 15.0. The molecule has 2 heterocycles. The number of amides is 1. The van der Waals surface area contributed by atoms with Crippen LogP contribution < -0.4 is 5.32 Å². The van der Waals surface area contributed by atoms with E-state index in [1.54, 1.807) is 12.1 Å². The second kappa shape index (κ2) is 9.41. The summed E-state index contributed by atoms with van der Waals surface area (Å²) in [5, 5.41) is 2.63. The lowest BCUT2D eigenvalue weighted by Gasteiger charge is -2.34. The molecule has 0 saturated carbocycles. The molecule has 0 atom stereocenters. The van der Waals surface area contributed by atoms with Crippen molar-refractivity contribution in [3.8, 4) is 0 Å². The minimum atomic E-state index is -0.418. The average Bonchev–Trinajstić information content (AvgIpc) is 3.21. The van der Waals surface area contributed by atoms with Crippen LogP contribution in [0.4, 0.5) is 10.1 Å². The molecule has 0 unspecified atom stereocenters. The standard InChI is InChI=1S/C24H27FN4O2/c1-17-6-7-19(12-18(17)2)14-28-8-10-29(11-9-28)15-23-27-22(16-31-23)24(30)26-21-5-3-4-20(25)13-21/h3-7,12-13,16H,8-11,14-15H2,1-2H3,(H,26,30). The molecule has 7 heteroatoms. The van der Waals surface area contributed by atoms with E-state index in [0.717, 1.165) is 32.7 Å². The molecular formula is C24H27FN4O2. The summed E-state index contributed by atoms with van der Waals surface area (Å²) in [5.41, 5.74) is 4.57. The van der Waals surface area contributed by atoms with Gasteiger partial charge in [0.15, 0.2) is 5.69 Å². The molecular weight excluding hydrogens is 395 g/mol. The fourth-order valence-corrected chi connectivity index (χ4v) is 3.71. The number of rotatable bonds is 6. The molecule has 1 fully saturated rings. The van der Waals surface area contributed by atoms with Crippen LogP contribution in [-0.4, -0.2) is 46.9 Å². The predicted molar refractivity (Wildman–Crippen MR) is 117 cm³/mol. The maximum absolute atomic E-state index is 13.3. The van der Waals surface area contributed by atoms with Gasteiger partial charge in [-0.1, -0.05) is 24.3 Å². The number of carbonyl (C=O) groups is 1. The highest BCUT2D eigenvalue weighted by Crippen LogP contribution is 2.15. The molecule has 0 bridgehead atoms. The third-order valence-corrected chi connectivity index (χ3v) is 5.67. The van der Waals surface area contributed by atoms with E-state index >= 15 is 0 Å². The number of hydrogen-bond donors (Lipinski definition) is 1. The number of benzene rings is 2. The molecule has 1 N–H and O–H groups in total. The van der Waals surface area contributed by atoms with Crippen molar-refractivity contribution >= 4 is 11.6 Å². The molecule has 1 aliphatic heterocycles. The fourth-order valence-electron chi connectivity index (χ4n) is 3.71. The first-order valence-electron chi connectivity index (χ1n) is 10.5. The quantitative estimate of drug-likeness (QED) is 0.651. The van der Waals surface area contributed by atoms with E-state index in [2.05, 4.69) is 52.1 Å². The SMILES string of the molecule is Cc1ccc(CN2CCN(Cc3nc(C(=O)Nc4cccc(F)c4)co3)CC2)cc1C. The molecule has 0 aliphatic carbocycles. The van der Waals surface area contributed by atoms with E-state index in [1.807, 2.05) is 0 Å². The lowest BCUT2D eigenvalue weighted by molar-refractivity contribution is 0.102. The molecule has 1 saturated heterocycles. The van der Waals surface area contributed by atoms with Gasteiger partial charge in [0.2, 0.25) is 5.89 Å². The van der Waals surface area contributed by atoms with Crippen LogP contribution in [-0.2, 0) is 13.1 Å². The zero-order valence-electron chi connectivity index (χ0n) is 17.9. The number of aromatic nitrogens is 1. The zero-order valence-corrected chi connectivity index (χ0v) is 17.9. The number of carbonyl (C=O) groups excluding carboxylic acids is 1. The Hall–Kier alpha value is -3.03. The molecule has 3 aromatic rings. The average molecular weight is 423 g/mol. The van der Waals surface area contributed by atoms with Gasteiger partial charge < -0.3 is 9.73 Å². The number of piperazine rings is 1. The molecule has 0 radical (unpaired) electrons. The van der Waals surface area contributed by atoms with Crippen LogP contribution in [0.1, 0.15) is 33.1 Å². The van der Waals surface area contributed by atoms with Crippen LogP contribution in [0, 0.1) is 19.7 Å². The highest BCUT2D eigenvalue weighted by atomic mass is 19.1. The largest absolute Gasteiger partial charge is 0.447 e. The molecule has 6 nitrogen and oxygen atoms in total. The highest BCUT2D eigenvalue weighted by molar-refractivity contribution is 6.02. The summed E-state index contributed by atoms with van der Waals surface area (Å²) in [6, 6.07) is 12.4. The van der Waals surface area contributed by atoms with E-state index < -0.39 is 11.7 Å². The van der Waals surface area contributed by atoms with Crippen LogP contribution in [0.5, 0.6) is 0 Å². The van der Waals surface area contributed by atoms with Crippen molar-refractivity contribution < 1.29 is 13.6 Å². The van der Waals surface area contributed by atoms with Gasteiger partial charge in [-0.2, -0.15) is 0 Å². The maximum Gasteiger partial charge on any atom is 0.277 e. The summed E-state index contributed by atoms with van der Waals surface area (Å²) < 4.78 is 18.8. The van der Waals surface area contributed by atoms with Gasteiger partial charge in [-0.3, -0.25) is 14.6 Å². The molecule has 1 aliphatic rings. The number of nitrogens with zero attached hydrogens (tertiary/aromatic N) is 3. The van der Waals surface area contributed by atoms with Crippen LogP contribution in [0.25, 0.3) is 0 Å². The fraction of sp³-hybridized carbons (Fsp3) is 0.333. The van der Waals surface area contributed by atoms with Crippen LogP contribution in [0.2, 0.25) is 0 Å². The summed E-state index contributed by atoms with van der Waals surface area (Å²) in [5.74, 6) is -0.318. The molecule has 1 amide bonds. The zero-order chi connectivity index (χ0) is 21.8. The Labute approximate surface area is 181 Å². The van der Waals surface area contributed by atoms with Gasteiger partial charge in [-0.05, 0) is 48.7 Å². The number of hydrogen-bond acceptors (Lipinski definition) is 5. The van der Waals surface area contributed by atoms with Crippen molar-refractivity contribution in [3.63, 3.8) is 0 Å². The van der Waals surface area contributed by atoms with Gasteiger partial charge in [0, 0.05) is 38.4 Å². The minimum absolute atomic E-state index is 0.188. The predicted octanol–water partition coefficient (Wildman–Crippen LogP) is 4.00. The van der Waals surface area contributed by atoms with Gasteiger partial charge in [0.05, 0.1) is 6.54 Å². The first kappa shape index (κ1) is 21.2. The van der Waals surface area contributed by atoms with Crippen molar-refractivity contribution in [2.24, 2.45) is 0 Å². The molecule has 0 spiro atoms. The summed E-state index contributed by atoms with van der Waals surface area (Å²) in [6.45, 7) is 9.58. The lowest BCUT2D eigenvalue weighted by Crippen LogP contribution is -2.45. The Morgan fingerprint density at radius 3 is 2.48 bits per heavy atom. The summed E-state index contributed by atoms with van der Waals surface area (Å²) in [4.78, 5) is 21.3. The summed E-state index contributed by atoms with van der Waals surface area (Å²) in [7, 11) is 0. The van der Waals surface area contributed by atoms with Crippen LogP contribution in [0.3, 0.4) is 0 Å². The van der Waals surface area contributed by atoms with Crippen LogP contribution >= 0.6 is 0 Å². The number of oxazole rings is 1. The van der Waals surface area contributed by atoms with Crippen molar-refractivity contribution in [1.29, 1.82) is 0 Å². The Morgan fingerprint density at radius 2 is 1.77 bits per heavy atom. The van der Waals surface area contributed by atoms with Gasteiger partial charge >= 0.3 is 0 Å². The van der Waals surface area contributed by atoms with Crippen molar-refractivity contribution in [2.75, 3.05) is 31.5 Å². The normalized spacial score (nSPS) is 15.2. The topological polar surface area (TPSA) is 61.6 Å². The third kappa shape index (κ3) is 5.57. The monoisotopic (exact) mass is 422 g/mol. The van der Waals surface area contributed by atoms with E-state index in [9.17, 15) is 9.18 Å². The number of anilines is 1. The number of nitrogens with one attached hydrogen (secondary N) is 1. The lowest BCUT2D eigenvalue weighted by atomic mass is 10.1. The molecule has 162 valence electrons. The molecule has 1 aromatic heterocycles. The van der Waals surface area contributed by atoms with E-state index in [4.69, 9.17) is 4.42 Å². The molecule has 31 heavy (non-hydrogen) atoms. The molecule has 4 rings (SSSR count). The van der Waals surface area contributed by atoms with Gasteiger partial charge in [0.25, 0.3) is 5.91 Å². The van der Waals surface area contributed by atoms with Crippen molar-refractivity contribution in [3.05, 3.63) is 82.8 Å². The Morgan fingerprint density at radius 1 is 1.03 bits per heavy atom. The minimum Gasteiger partial charge on any atom is -0.447 e. The first-order valence-corrected chi connectivity index (χ1v) is 10.5. The van der Waals surface area contributed by atoms with Crippen molar-refractivity contribution in [2.45, 2.75) is 26.9 Å². The van der Waals surface area contributed by atoms with Crippen LogP contribution in [0.15, 0.2) is 53.1 Å². The molecule has 2 aromatic carbocycles. The Bertz CT molecular complexity index is 1060. The second-order valence-corrected chi connectivity index (χ2v) is 8.06. The number of halogens is 1. The van der Waals surface area contributed by atoms with Gasteiger partial charge in [-0.15, -0.1) is 0 Å². The summed E-state index contributed by atoms with van der Waals surface area (Å²) in [6.07, 6.45) is 1.35. The Balaban J connectivity index is 1.26. The van der Waals surface area contributed by atoms with E-state index in [0.29, 0.717) is 18.1 Å². The smallest absolute Gasteiger partial charge is 0.277 e. The maximum atomic E-state index is 13.3. The second-order valence-electron chi connectivity index (χ2n) is 8.06. The number of aryl methyl sites for hydroxylation is 2. The van der Waals surface area contributed by atoms with Gasteiger partial charge in [-0.25, -0.2) is 9.37 Å². The summed E-state index contributed by atoms with van der Waals surface area (Å²) >= 11 is 0. The van der Waals surface area contributed by atoms with E-state index in [1.165, 1.54) is 35.1 Å².